The van der Waals surface area contributed by atoms with Gasteiger partial charge in [0.15, 0.2) is 0 Å². The van der Waals surface area contributed by atoms with Crippen molar-refractivity contribution in [3.05, 3.63) is 0 Å². The Bertz CT molecular complexity index is 183. The summed E-state index contributed by atoms with van der Waals surface area (Å²) in [6.07, 6.45) is 5.22. The van der Waals surface area contributed by atoms with E-state index < -0.39 is 0 Å². The fraction of sp³-hybridized carbons (Fsp3) is 1.00. The molecule has 2 nitrogen and oxygen atoms in total. The lowest BCUT2D eigenvalue weighted by Gasteiger charge is -2.38. The second-order valence-corrected chi connectivity index (χ2v) is 5.63. The van der Waals surface area contributed by atoms with Crippen LogP contribution in [0.1, 0.15) is 39.5 Å². The second-order valence-electron chi connectivity index (χ2n) is 5.63. The Balaban J connectivity index is 1.90. The smallest absolute Gasteiger partial charge is 0.0111 e. The van der Waals surface area contributed by atoms with E-state index in [9.17, 15) is 0 Å². The highest BCUT2D eigenvalue weighted by Crippen LogP contribution is 2.29. The van der Waals surface area contributed by atoms with Crippen molar-refractivity contribution in [1.29, 1.82) is 0 Å². The summed E-state index contributed by atoms with van der Waals surface area (Å²) < 4.78 is 0. The van der Waals surface area contributed by atoms with Gasteiger partial charge in [0.1, 0.15) is 0 Å². The number of piperidine rings is 1. The lowest BCUT2D eigenvalue weighted by Crippen LogP contribution is -2.44. The minimum Gasteiger partial charge on any atom is -0.328 e. The topological polar surface area (TPSA) is 29.3 Å². The van der Waals surface area contributed by atoms with E-state index in [0.29, 0.717) is 6.04 Å². The van der Waals surface area contributed by atoms with Crippen molar-refractivity contribution in [2.75, 3.05) is 13.1 Å². The zero-order valence-corrected chi connectivity index (χ0v) is 9.58. The molecule has 14 heavy (non-hydrogen) atoms. The van der Waals surface area contributed by atoms with Crippen LogP contribution in [0.4, 0.5) is 0 Å². The molecule has 4 atom stereocenters. The third-order valence-corrected chi connectivity index (χ3v) is 3.86. The normalized spacial score (nSPS) is 45.6. The zero-order chi connectivity index (χ0) is 10.1. The molecular formula is C12H24N2. The summed E-state index contributed by atoms with van der Waals surface area (Å²) in [5.41, 5.74) is 5.97. The first-order valence-electron chi connectivity index (χ1n) is 6.14. The van der Waals surface area contributed by atoms with Crippen molar-refractivity contribution < 1.29 is 0 Å². The molecule has 1 saturated heterocycles. The Kier molecular flexibility index (Phi) is 3.13. The van der Waals surface area contributed by atoms with Gasteiger partial charge in [-0.3, -0.25) is 4.90 Å². The Morgan fingerprint density at radius 1 is 1.00 bits per heavy atom. The third-order valence-electron chi connectivity index (χ3n) is 3.86. The Morgan fingerprint density at radius 2 is 1.64 bits per heavy atom. The fourth-order valence-electron chi connectivity index (χ4n) is 3.33. The van der Waals surface area contributed by atoms with Gasteiger partial charge in [0.25, 0.3) is 0 Å². The number of likely N-dealkylation sites (tertiary alicyclic amines) is 1. The van der Waals surface area contributed by atoms with Crippen molar-refractivity contribution in [1.82, 2.24) is 4.90 Å². The maximum absolute atomic E-state index is 5.97. The molecule has 2 rings (SSSR count). The molecule has 1 saturated carbocycles. The second kappa shape index (κ2) is 4.19. The molecule has 2 heteroatoms. The van der Waals surface area contributed by atoms with Crippen LogP contribution in [-0.2, 0) is 0 Å². The monoisotopic (exact) mass is 196 g/mol. The number of nitrogens with zero attached hydrogens (tertiary/aromatic N) is 1. The van der Waals surface area contributed by atoms with Crippen LogP contribution < -0.4 is 5.73 Å². The first-order chi connectivity index (χ1) is 6.65. The molecule has 0 aromatic heterocycles. The molecule has 4 unspecified atom stereocenters. The summed E-state index contributed by atoms with van der Waals surface area (Å²) in [6, 6.07) is 1.28. The molecule has 0 radical (unpaired) electrons. The van der Waals surface area contributed by atoms with Crippen LogP contribution in [-0.4, -0.2) is 30.1 Å². The van der Waals surface area contributed by atoms with Gasteiger partial charge in [0.2, 0.25) is 0 Å². The van der Waals surface area contributed by atoms with E-state index in [0.717, 1.165) is 17.9 Å². The van der Waals surface area contributed by atoms with Gasteiger partial charge < -0.3 is 5.73 Å². The SMILES string of the molecule is CC1CC(C)CN(C2CCC(N)C2)C1. The van der Waals surface area contributed by atoms with Gasteiger partial charge in [0.05, 0.1) is 0 Å². The van der Waals surface area contributed by atoms with Crippen LogP contribution in [0.2, 0.25) is 0 Å². The summed E-state index contributed by atoms with van der Waals surface area (Å²) in [7, 11) is 0. The zero-order valence-electron chi connectivity index (χ0n) is 9.58. The van der Waals surface area contributed by atoms with Crippen LogP contribution in [0.3, 0.4) is 0 Å². The van der Waals surface area contributed by atoms with Crippen molar-refractivity contribution in [3.63, 3.8) is 0 Å². The summed E-state index contributed by atoms with van der Waals surface area (Å²) >= 11 is 0. The first kappa shape index (κ1) is 10.4. The molecule has 2 fully saturated rings. The van der Waals surface area contributed by atoms with Crippen molar-refractivity contribution >= 4 is 0 Å². The van der Waals surface area contributed by atoms with Gasteiger partial charge in [-0.2, -0.15) is 0 Å². The number of hydrogen-bond acceptors (Lipinski definition) is 2. The van der Waals surface area contributed by atoms with Gasteiger partial charge in [-0.15, -0.1) is 0 Å². The maximum Gasteiger partial charge on any atom is 0.0111 e. The third kappa shape index (κ3) is 2.29. The molecule has 0 aromatic carbocycles. The first-order valence-corrected chi connectivity index (χ1v) is 6.14. The largest absolute Gasteiger partial charge is 0.328 e. The molecule has 2 aliphatic rings. The molecule has 1 aliphatic heterocycles. The Morgan fingerprint density at radius 3 is 2.14 bits per heavy atom. The lowest BCUT2D eigenvalue weighted by atomic mass is 9.90. The highest BCUT2D eigenvalue weighted by atomic mass is 15.2. The van der Waals surface area contributed by atoms with E-state index in [1.165, 1.54) is 38.8 Å². The number of nitrogens with two attached hydrogens (primary N) is 1. The van der Waals surface area contributed by atoms with E-state index in [1.807, 2.05) is 0 Å². The average molecular weight is 196 g/mol. The quantitative estimate of drug-likeness (QED) is 0.693. The van der Waals surface area contributed by atoms with Crippen molar-refractivity contribution in [3.8, 4) is 0 Å². The molecular weight excluding hydrogens is 172 g/mol. The van der Waals surface area contributed by atoms with E-state index in [-0.39, 0.29) is 0 Å². The van der Waals surface area contributed by atoms with E-state index in [1.54, 1.807) is 0 Å². The maximum atomic E-state index is 5.97. The molecule has 82 valence electrons. The van der Waals surface area contributed by atoms with Gasteiger partial charge in [0, 0.05) is 25.2 Å². The summed E-state index contributed by atoms with van der Waals surface area (Å²) in [5, 5.41) is 0. The molecule has 0 bridgehead atoms. The van der Waals surface area contributed by atoms with Crippen LogP contribution in [0.15, 0.2) is 0 Å². The summed E-state index contributed by atoms with van der Waals surface area (Å²) in [5.74, 6) is 1.77. The van der Waals surface area contributed by atoms with E-state index >= 15 is 0 Å². The number of hydrogen-bond donors (Lipinski definition) is 1. The average Bonchev–Trinajstić information content (AvgIpc) is 2.50. The minimum absolute atomic E-state index is 0.479. The van der Waals surface area contributed by atoms with Crippen LogP contribution in [0.25, 0.3) is 0 Å². The standard InChI is InChI=1S/C12H24N2/c1-9-5-10(2)8-14(7-9)12-4-3-11(13)6-12/h9-12H,3-8,13H2,1-2H3. The predicted molar refractivity (Wildman–Crippen MR) is 60.1 cm³/mol. The van der Waals surface area contributed by atoms with E-state index in [4.69, 9.17) is 5.73 Å². The molecule has 0 aromatic rings. The highest BCUT2D eigenvalue weighted by molar-refractivity contribution is 4.88. The predicted octanol–water partition coefficient (Wildman–Crippen LogP) is 1.84. The minimum atomic E-state index is 0.479. The lowest BCUT2D eigenvalue weighted by molar-refractivity contribution is 0.0971. The summed E-state index contributed by atoms with van der Waals surface area (Å²) in [6.45, 7) is 7.39. The van der Waals surface area contributed by atoms with Crippen LogP contribution in [0, 0.1) is 11.8 Å². The highest BCUT2D eigenvalue weighted by Gasteiger charge is 2.31. The van der Waals surface area contributed by atoms with Crippen molar-refractivity contribution in [2.45, 2.75) is 51.6 Å². The summed E-state index contributed by atoms with van der Waals surface area (Å²) in [4.78, 5) is 2.70. The Hall–Kier alpha value is -0.0800. The van der Waals surface area contributed by atoms with Crippen LogP contribution in [0.5, 0.6) is 0 Å². The van der Waals surface area contributed by atoms with Gasteiger partial charge in [-0.05, 0) is 37.5 Å². The van der Waals surface area contributed by atoms with Crippen molar-refractivity contribution in [2.24, 2.45) is 17.6 Å². The molecule has 2 N–H and O–H groups in total. The molecule has 1 aliphatic carbocycles. The number of rotatable bonds is 1. The Labute approximate surface area is 87.8 Å². The van der Waals surface area contributed by atoms with Gasteiger partial charge >= 0.3 is 0 Å². The molecule has 1 heterocycles. The van der Waals surface area contributed by atoms with Gasteiger partial charge in [-0.25, -0.2) is 0 Å². The fourth-order valence-corrected chi connectivity index (χ4v) is 3.33. The van der Waals surface area contributed by atoms with E-state index in [2.05, 4.69) is 18.7 Å². The van der Waals surface area contributed by atoms with Gasteiger partial charge in [-0.1, -0.05) is 13.8 Å². The molecule has 0 spiro atoms. The molecule has 0 amide bonds. The van der Waals surface area contributed by atoms with Crippen LogP contribution >= 0.6 is 0 Å².